The van der Waals surface area contributed by atoms with E-state index in [0.29, 0.717) is 24.0 Å². The fraction of sp³-hybridized carbons (Fsp3) is 0.621. The van der Waals surface area contributed by atoms with E-state index in [1.165, 1.54) is 6.92 Å². The maximum Gasteiger partial charge on any atom is 0.343 e. The Hall–Kier alpha value is -2.75. The van der Waals surface area contributed by atoms with E-state index in [0.717, 1.165) is 5.57 Å². The van der Waals surface area contributed by atoms with Crippen molar-refractivity contribution in [2.75, 3.05) is 6.61 Å². The molecule has 0 spiro atoms. The minimum Gasteiger partial charge on any atom is -0.457 e. The van der Waals surface area contributed by atoms with Gasteiger partial charge in [-0.3, -0.25) is 4.79 Å². The van der Waals surface area contributed by atoms with Gasteiger partial charge in [0.15, 0.2) is 11.2 Å². The SMILES string of the molecule is CC(=O)O[C@@]12CO[C@@H]1C[C@H](O)[C@]1(C)C2[C@H](OC(=O)c2ccccc2)[C@]23CCC(C)=C2[C@]1(O)C(=O)OC3(C)C. The van der Waals surface area contributed by atoms with E-state index in [1.807, 2.05) is 6.92 Å². The molecular weight excluding hydrogens is 492 g/mol. The van der Waals surface area contributed by atoms with E-state index in [2.05, 4.69) is 0 Å². The van der Waals surface area contributed by atoms with E-state index in [-0.39, 0.29) is 13.0 Å². The van der Waals surface area contributed by atoms with Crippen LogP contribution in [-0.4, -0.2) is 69.8 Å². The third-order valence-corrected chi connectivity index (χ3v) is 10.3. The molecule has 38 heavy (non-hydrogen) atoms. The van der Waals surface area contributed by atoms with Crippen LogP contribution in [0.25, 0.3) is 0 Å². The fourth-order valence-electron chi connectivity index (χ4n) is 8.62. The summed E-state index contributed by atoms with van der Waals surface area (Å²) in [6.45, 7) is 8.29. The Balaban J connectivity index is 1.65. The van der Waals surface area contributed by atoms with Crippen LogP contribution in [-0.2, 0) is 28.5 Å². The number of hydrogen-bond acceptors (Lipinski definition) is 9. The number of fused-ring (bicyclic) bond motifs is 4. The molecule has 2 aliphatic heterocycles. The largest absolute Gasteiger partial charge is 0.457 e. The highest BCUT2D eigenvalue weighted by molar-refractivity contribution is 5.91. The van der Waals surface area contributed by atoms with Crippen molar-refractivity contribution in [2.24, 2.45) is 16.7 Å². The van der Waals surface area contributed by atoms with Gasteiger partial charge in [0.1, 0.15) is 17.8 Å². The van der Waals surface area contributed by atoms with Crippen LogP contribution in [0.5, 0.6) is 0 Å². The molecule has 2 saturated heterocycles. The summed E-state index contributed by atoms with van der Waals surface area (Å²) in [6, 6.07) is 8.55. The number of carbonyl (C=O) groups excluding carboxylic acids is 3. The smallest absolute Gasteiger partial charge is 0.343 e. The Morgan fingerprint density at radius 2 is 1.82 bits per heavy atom. The average molecular weight is 527 g/mol. The summed E-state index contributed by atoms with van der Waals surface area (Å²) in [5.41, 5.74) is -5.90. The summed E-state index contributed by atoms with van der Waals surface area (Å²) in [7, 11) is 0. The number of ether oxygens (including phenoxy) is 4. The van der Waals surface area contributed by atoms with Gasteiger partial charge in [-0.1, -0.05) is 30.7 Å². The van der Waals surface area contributed by atoms with Crippen molar-refractivity contribution in [3.8, 4) is 0 Å². The highest BCUT2D eigenvalue weighted by atomic mass is 16.6. The minimum atomic E-state index is -2.23. The number of carbonyl (C=O) groups is 3. The number of hydrogen-bond donors (Lipinski definition) is 2. The Morgan fingerprint density at radius 3 is 2.42 bits per heavy atom. The lowest BCUT2D eigenvalue weighted by Gasteiger charge is -2.74. The normalized spacial score (nSPS) is 44.1. The van der Waals surface area contributed by atoms with Gasteiger partial charge in [0.25, 0.3) is 0 Å². The second-order valence-corrected chi connectivity index (χ2v) is 12.3. The lowest BCUT2D eigenvalue weighted by Crippen LogP contribution is -2.87. The van der Waals surface area contributed by atoms with Gasteiger partial charge in [-0.05, 0) is 51.3 Å². The van der Waals surface area contributed by atoms with Gasteiger partial charge in [-0.2, -0.15) is 0 Å². The lowest BCUT2D eigenvalue weighted by molar-refractivity contribution is -0.380. The van der Waals surface area contributed by atoms with Gasteiger partial charge < -0.3 is 29.2 Å². The van der Waals surface area contributed by atoms with Crippen molar-refractivity contribution in [3.63, 3.8) is 0 Å². The van der Waals surface area contributed by atoms with Crippen LogP contribution >= 0.6 is 0 Å². The van der Waals surface area contributed by atoms with Crippen molar-refractivity contribution in [1.29, 1.82) is 0 Å². The predicted octanol–water partition coefficient (Wildman–Crippen LogP) is 2.48. The Kier molecular flexibility index (Phi) is 5.15. The van der Waals surface area contributed by atoms with Crippen LogP contribution in [0.2, 0.25) is 0 Å². The molecule has 9 heteroatoms. The molecule has 204 valence electrons. The van der Waals surface area contributed by atoms with E-state index < -0.39 is 69.8 Å². The molecule has 2 heterocycles. The maximum absolute atomic E-state index is 13.9. The van der Waals surface area contributed by atoms with Crippen LogP contribution in [0.15, 0.2) is 41.5 Å². The second-order valence-electron chi connectivity index (χ2n) is 12.3. The minimum absolute atomic E-state index is 0.0106. The first-order valence-corrected chi connectivity index (χ1v) is 13.2. The van der Waals surface area contributed by atoms with E-state index >= 15 is 0 Å². The van der Waals surface area contributed by atoms with Crippen LogP contribution in [0, 0.1) is 16.7 Å². The zero-order chi connectivity index (χ0) is 27.5. The van der Waals surface area contributed by atoms with Gasteiger partial charge in [-0.15, -0.1) is 0 Å². The number of rotatable bonds is 3. The molecule has 1 aromatic rings. The molecule has 1 aromatic carbocycles. The summed E-state index contributed by atoms with van der Waals surface area (Å²) < 4.78 is 24.3. The Bertz CT molecular complexity index is 1270. The number of allylic oxidation sites excluding steroid dienone is 1. The summed E-state index contributed by atoms with van der Waals surface area (Å²) in [6.07, 6.45) is -1.96. The molecule has 5 aliphatic rings. The monoisotopic (exact) mass is 526 g/mol. The fourth-order valence-corrected chi connectivity index (χ4v) is 8.62. The van der Waals surface area contributed by atoms with Gasteiger partial charge in [0.2, 0.25) is 0 Å². The van der Waals surface area contributed by atoms with Gasteiger partial charge >= 0.3 is 17.9 Å². The summed E-state index contributed by atoms with van der Waals surface area (Å²) in [5, 5.41) is 24.3. The first-order chi connectivity index (χ1) is 17.8. The van der Waals surface area contributed by atoms with Crippen molar-refractivity contribution >= 4 is 17.9 Å². The third kappa shape index (κ3) is 2.70. The molecule has 9 nitrogen and oxygen atoms in total. The molecule has 8 atom stereocenters. The van der Waals surface area contributed by atoms with Gasteiger partial charge in [0, 0.05) is 18.8 Å². The van der Waals surface area contributed by atoms with Crippen molar-refractivity contribution in [1.82, 2.24) is 0 Å². The number of benzene rings is 1. The third-order valence-electron chi connectivity index (χ3n) is 10.3. The molecule has 3 aliphatic carbocycles. The molecule has 4 fully saturated rings. The molecule has 2 bridgehead atoms. The molecule has 0 amide bonds. The highest BCUT2D eigenvalue weighted by Gasteiger charge is 2.87. The summed E-state index contributed by atoms with van der Waals surface area (Å²) in [4.78, 5) is 40.0. The molecule has 0 radical (unpaired) electrons. The summed E-state index contributed by atoms with van der Waals surface area (Å²) >= 11 is 0. The lowest BCUT2D eigenvalue weighted by atomic mass is 9.37. The number of esters is 3. The Morgan fingerprint density at radius 1 is 1.13 bits per heavy atom. The summed E-state index contributed by atoms with van der Waals surface area (Å²) in [5.74, 6) is -2.99. The number of aliphatic hydroxyl groups is 2. The predicted molar refractivity (Wildman–Crippen MR) is 132 cm³/mol. The molecule has 2 N–H and O–H groups in total. The topological polar surface area (TPSA) is 129 Å². The molecule has 0 aromatic heterocycles. The molecule has 1 unspecified atom stereocenters. The standard InChI is InChI=1S/C29H34O9/c1-15-11-12-27-20(15)29(34,24(33)38-25(27,3)4)26(5)18(31)13-19-28(14-35-19,37-16(2)30)21(26)22(27)36-23(32)17-9-7-6-8-10-17/h6-10,18-19,21-22,31,34H,11-14H2,1-5H3/t18-,19+,21?,22-,26+,27-,28-,29-/m0/s1. The number of cyclic esters (lactones) is 1. The molecule has 2 saturated carbocycles. The van der Waals surface area contributed by atoms with Gasteiger partial charge in [0.05, 0.1) is 29.6 Å². The van der Waals surface area contributed by atoms with Crippen LogP contribution < -0.4 is 0 Å². The first kappa shape index (κ1) is 25.5. The van der Waals surface area contributed by atoms with E-state index in [1.54, 1.807) is 51.1 Å². The van der Waals surface area contributed by atoms with Gasteiger partial charge in [-0.25, -0.2) is 9.59 Å². The Labute approximate surface area is 221 Å². The van der Waals surface area contributed by atoms with Crippen LogP contribution in [0.3, 0.4) is 0 Å². The van der Waals surface area contributed by atoms with E-state index in [9.17, 15) is 24.6 Å². The van der Waals surface area contributed by atoms with Crippen LogP contribution in [0.1, 0.15) is 64.2 Å². The first-order valence-electron chi connectivity index (χ1n) is 13.2. The zero-order valence-corrected chi connectivity index (χ0v) is 22.3. The van der Waals surface area contributed by atoms with E-state index in [4.69, 9.17) is 18.9 Å². The zero-order valence-electron chi connectivity index (χ0n) is 22.3. The van der Waals surface area contributed by atoms with Crippen molar-refractivity contribution in [2.45, 2.75) is 89.0 Å². The average Bonchev–Trinajstić information content (AvgIpc) is 3.22. The van der Waals surface area contributed by atoms with Crippen molar-refractivity contribution < 1.29 is 43.5 Å². The molecule has 6 rings (SSSR count). The van der Waals surface area contributed by atoms with Crippen LogP contribution in [0.4, 0.5) is 0 Å². The quantitative estimate of drug-likeness (QED) is 0.347. The molecular formula is C29H34O9. The highest BCUT2D eigenvalue weighted by Crippen LogP contribution is 2.75. The number of aliphatic hydroxyl groups excluding tert-OH is 1. The van der Waals surface area contributed by atoms with Crippen molar-refractivity contribution in [3.05, 3.63) is 47.0 Å². The second kappa shape index (κ2) is 7.67. The maximum atomic E-state index is 13.9.